The number of imide groups is 1. The fourth-order valence-corrected chi connectivity index (χ4v) is 7.11. The number of likely N-dealkylation sites (tertiary alicyclic amines) is 1. The number of carbonyl (C=O) groups is 3. The molecule has 3 aliphatic rings. The number of methoxy groups -OCH3 is 2. The third-order valence-electron chi connectivity index (χ3n) is 9.22. The van der Waals surface area contributed by atoms with Gasteiger partial charge < -0.3 is 29.7 Å². The van der Waals surface area contributed by atoms with Crippen LogP contribution < -0.4 is 15.4 Å². The molecule has 3 aromatic carbocycles. The molecule has 3 heterocycles. The first kappa shape index (κ1) is 33.4. The minimum absolute atomic E-state index is 0.00713. The average molecular weight is 681 g/mol. The van der Waals surface area contributed by atoms with Gasteiger partial charge in [-0.3, -0.25) is 0 Å². The van der Waals surface area contributed by atoms with Gasteiger partial charge in [0.25, 0.3) is 0 Å². The van der Waals surface area contributed by atoms with Gasteiger partial charge in [0.1, 0.15) is 17.5 Å². The summed E-state index contributed by atoms with van der Waals surface area (Å²) in [5, 5.41) is 5.93. The second-order valence-electron chi connectivity index (χ2n) is 11.9. The quantitative estimate of drug-likeness (QED) is 0.220. The van der Waals surface area contributed by atoms with Gasteiger partial charge in [-0.05, 0) is 80.9 Å². The van der Waals surface area contributed by atoms with Crippen molar-refractivity contribution in [2.75, 3.05) is 47.0 Å². The molecule has 3 aromatic rings. The van der Waals surface area contributed by atoms with Crippen LogP contribution in [0.15, 0.2) is 71.9 Å². The van der Waals surface area contributed by atoms with Gasteiger partial charge in [0.05, 0.1) is 25.0 Å². The number of urea groups is 2. The molecule has 48 heavy (non-hydrogen) atoms. The number of benzene rings is 3. The van der Waals surface area contributed by atoms with Crippen LogP contribution in [-0.2, 0) is 19.7 Å². The van der Waals surface area contributed by atoms with Crippen LogP contribution >= 0.6 is 11.6 Å². The van der Waals surface area contributed by atoms with Crippen molar-refractivity contribution in [1.82, 2.24) is 20.4 Å². The molecule has 2 N–H and O–H groups in total. The number of hydrogen-bond donors (Lipinski definition) is 2. The highest BCUT2D eigenvalue weighted by Gasteiger charge is 2.45. The normalized spacial score (nSPS) is 18.5. The van der Waals surface area contributed by atoms with Crippen molar-refractivity contribution in [3.63, 3.8) is 0 Å². The molecular weight excluding hydrogens is 646 g/mol. The molecule has 0 aromatic heterocycles. The number of amides is 4. The van der Waals surface area contributed by atoms with Gasteiger partial charge in [0, 0.05) is 35.2 Å². The number of para-hydroxylation sites is 1. The van der Waals surface area contributed by atoms with Crippen molar-refractivity contribution in [2.24, 2.45) is 0 Å². The Kier molecular flexibility index (Phi) is 9.68. The summed E-state index contributed by atoms with van der Waals surface area (Å²) in [6.45, 7) is 2.31. The van der Waals surface area contributed by atoms with Crippen molar-refractivity contribution in [1.29, 1.82) is 0 Å². The van der Waals surface area contributed by atoms with Crippen LogP contribution in [0.3, 0.4) is 0 Å². The first-order chi connectivity index (χ1) is 23.2. The molecule has 4 amide bonds. The topological polar surface area (TPSA) is 109 Å². The molecule has 1 atom stereocenters. The number of rotatable bonds is 8. The van der Waals surface area contributed by atoms with Crippen LogP contribution in [0.2, 0.25) is 5.02 Å². The largest absolute Gasteiger partial charge is 0.466 e. The molecule has 1 saturated heterocycles. The summed E-state index contributed by atoms with van der Waals surface area (Å²) < 4.78 is 44.5. The Labute approximate surface area is 281 Å². The van der Waals surface area contributed by atoms with E-state index in [1.54, 1.807) is 0 Å². The standard InChI is InChI=1S/C35H35ClF2N4O6/c1-46-20-27-30(32(43)47-2)31(21-8-10-25(37)26(38)18-21)42(34(45)40-27)33(44)39-14-5-15-41-16-12-35(13-17-41)23-6-3-4-7-28(23)48-29-11-9-22(36)19-24(29)35/h3-4,6-11,18-19,31H,5,12-17,20H2,1-2H3,(H,39,44)(H,40,45)/t31-/m0/s1. The fourth-order valence-electron chi connectivity index (χ4n) is 6.94. The number of nitrogens with one attached hydrogen (secondary N) is 2. The van der Waals surface area contributed by atoms with Crippen molar-refractivity contribution in [3.8, 4) is 11.5 Å². The molecule has 0 saturated carbocycles. The van der Waals surface area contributed by atoms with Crippen LogP contribution in [0.1, 0.15) is 42.0 Å². The Morgan fingerprint density at radius 1 is 1.02 bits per heavy atom. The monoisotopic (exact) mass is 680 g/mol. The van der Waals surface area contributed by atoms with E-state index >= 15 is 0 Å². The SMILES string of the molecule is COCC1=C(C(=O)OC)[C@H](c2ccc(F)c(F)c2)N(C(=O)NCCCN2CCC3(CC2)c2ccccc2Oc2ccc(Cl)cc23)C(=O)N1. The van der Waals surface area contributed by atoms with Crippen molar-refractivity contribution >= 4 is 29.6 Å². The Bertz CT molecular complexity index is 1780. The maximum atomic E-state index is 14.4. The van der Waals surface area contributed by atoms with E-state index in [0.717, 1.165) is 72.7 Å². The number of fused-ring (bicyclic) bond motifs is 4. The van der Waals surface area contributed by atoms with Gasteiger partial charge in [0.2, 0.25) is 0 Å². The summed E-state index contributed by atoms with van der Waals surface area (Å²) >= 11 is 6.43. The molecule has 13 heteroatoms. The van der Waals surface area contributed by atoms with E-state index < -0.39 is 35.7 Å². The fraction of sp³-hybridized carbons (Fsp3) is 0.343. The minimum Gasteiger partial charge on any atom is -0.466 e. The van der Waals surface area contributed by atoms with E-state index in [2.05, 4.69) is 21.6 Å². The van der Waals surface area contributed by atoms with E-state index in [4.69, 9.17) is 25.8 Å². The summed E-state index contributed by atoms with van der Waals surface area (Å²) in [5.41, 5.74) is 1.92. The maximum Gasteiger partial charge on any atom is 0.338 e. The molecule has 0 radical (unpaired) electrons. The summed E-state index contributed by atoms with van der Waals surface area (Å²) in [5.74, 6) is -1.51. The van der Waals surface area contributed by atoms with Crippen LogP contribution in [0.4, 0.5) is 18.4 Å². The van der Waals surface area contributed by atoms with Gasteiger partial charge in [0.15, 0.2) is 11.6 Å². The molecule has 3 aliphatic heterocycles. The van der Waals surface area contributed by atoms with Crippen molar-refractivity contribution in [2.45, 2.75) is 30.7 Å². The zero-order valence-corrected chi connectivity index (χ0v) is 27.2. The number of carbonyl (C=O) groups excluding carboxylic acids is 3. The number of piperidine rings is 1. The molecular formula is C35H35ClF2N4O6. The molecule has 252 valence electrons. The lowest BCUT2D eigenvalue weighted by Gasteiger charge is -2.46. The highest BCUT2D eigenvalue weighted by atomic mass is 35.5. The molecule has 0 bridgehead atoms. The molecule has 1 fully saturated rings. The van der Waals surface area contributed by atoms with E-state index in [1.165, 1.54) is 13.2 Å². The third-order valence-corrected chi connectivity index (χ3v) is 9.46. The first-order valence-corrected chi connectivity index (χ1v) is 16.0. The minimum atomic E-state index is -1.40. The van der Waals surface area contributed by atoms with E-state index in [9.17, 15) is 23.2 Å². The highest BCUT2D eigenvalue weighted by molar-refractivity contribution is 6.30. The lowest BCUT2D eigenvalue weighted by atomic mass is 9.66. The van der Waals surface area contributed by atoms with Crippen LogP contribution in [0.25, 0.3) is 0 Å². The lowest BCUT2D eigenvalue weighted by Crippen LogP contribution is -2.55. The van der Waals surface area contributed by atoms with Crippen LogP contribution in [-0.4, -0.2) is 74.8 Å². The molecule has 6 rings (SSSR count). The summed E-state index contributed by atoms with van der Waals surface area (Å²) in [6, 6.07) is 13.7. The molecule has 0 aliphatic carbocycles. The zero-order chi connectivity index (χ0) is 34.0. The summed E-state index contributed by atoms with van der Waals surface area (Å²) in [7, 11) is 2.50. The van der Waals surface area contributed by atoms with Gasteiger partial charge in [-0.1, -0.05) is 35.9 Å². The third kappa shape index (κ3) is 6.23. The smallest absolute Gasteiger partial charge is 0.338 e. The van der Waals surface area contributed by atoms with Crippen LogP contribution in [0, 0.1) is 11.6 Å². The number of halogens is 3. The van der Waals surface area contributed by atoms with E-state index in [-0.39, 0.29) is 35.4 Å². The van der Waals surface area contributed by atoms with E-state index in [0.29, 0.717) is 18.0 Å². The second-order valence-corrected chi connectivity index (χ2v) is 12.4. The predicted octanol–water partition coefficient (Wildman–Crippen LogP) is 6.05. The number of ether oxygens (including phenoxy) is 3. The molecule has 1 spiro atoms. The van der Waals surface area contributed by atoms with Crippen molar-refractivity contribution in [3.05, 3.63) is 105 Å². The molecule has 0 unspecified atom stereocenters. The average Bonchev–Trinajstić information content (AvgIpc) is 3.08. The van der Waals surface area contributed by atoms with Gasteiger partial charge in [-0.15, -0.1) is 0 Å². The highest BCUT2D eigenvalue weighted by Crippen LogP contribution is 2.53. The summed E-state index contributed by atoms with van der Waals surface area (Å²) in [6.07, 6.45) is 2.27. The van der Waals surface area contributed by atoms with Crippen LogP contribution in [0.5, 0.6) is 11.5 Å². The number of esters is 1. The Morgan fingerprint density at radius 3 is 2.50 bits per heavy atom. The summed E-state index contributed by atoms with van der Waals surface area (Å²) in [4.78, 5) is 42.8. The second kappa shape index (κ2) is 13.9. The van der Waals surface area contributed by atoms with Crippen molar-refractivity contribution < 1.29 is 37.4 Å². The Morgan fingerprint density at radius 2 is 1.77 bits per heavy atom. The predicted molar refractivity (Wildman–Crippen MR) is 173 cm³/mol. The lowest BCUT2D eigenvalue weighted by molar-refractivity contribution is -0.137. The zero-order valence-electron chi connectivity index (χ0n) is 26.5. The van der Waals surface area contributed by atoms with E-state index in [1.807, 2.05) is 36.4 Å². The maximum absolute atomic E-state index is 14.4. The van der Waals surface area contributed by atoms with Gasteiger partial charge >= 0.3 is 18.0 Å². The van der Waals surface area contributed by atoms with Gasteiger partial charge in [-0.2, -0.15) is 0 Å². The number of nitrogens with zero attached hydrogens (tertiary/aromatic N) is 2. The molecule has 10 nitrogen and oxygen atoms in total. The Balaban J connectivity index is 1.13. The first-order valence-electron chi connectivity index (χ1n) is 15.6. The Hall–Kier alpha value is -4.52. The number of hydrogen-bond acceptors (Lipinski definition) is 7. The van der Waals surface area contributed by atoms with Gasteiger partial charge in [-0.25, -0.2) is 28.1 Å².